The molecule has 3 aromatic carbocycles. The van der Waals surface area contributed by atoms with Crippen LogP contribution in [0.5, 0.6) is 11.5 Å². The Morgan fingerprint density at radius 1 is 0.816 bits per heavy atom. The second-order valence-corrected chi connectivity index (χ2v) is 9.02. The molecule has 0 aliphatic carbocycles. The van der Waals surface area contributed by atoms with Crippen molar-refractivity contribution in [1.82, 2.24) is 4.90 Å². The van der Waals surface area contributed by atoms with E-state index in [0.29, 0.717) is 29.2 Å². The molecule has 38 heavy (non-hydrogen) atoms. The van der Waals surface area contributed by atoms with Crippen molar-refractivity contribution in [1.29, 1.82) is 0 Å². The molecule has 200 valence electrons. The van der Waals surface area contributed by atoms with Crippen molar-refractivity contribution in [2.24, 2.45) is 0 Å². The van der Waals surface area contributed by atoms with Gasteiger partial charge in [0.05, 0.1) is 26.4 Å². The van der Waals surface area contributed by atoms with Crippen molar-refractivity contribution < 1.29 is 32.2 Å². The van der Waals surface area contributed by atoms with Gasteiger partial charge in [0.1, 0.15) is 5.82 Å². The van der Waals surface area contributed by atoms with Crippen molar-refractivity contribution in [3.05, 3.63) is 100 Å². The lowest BCUT2D eigenvalue weighted by atomic mass is 9.88. The standard InChI is InChI=1S/C30H30F3NO4/c1-36-28-19-23(30(35)37-2)7-11-27(28)38-17-3-14-34-15-12-21(13-16-34)29(20-4-8-24(31)9-5-20)22-6-10-25(32)26(33)18-22/h4-11,18-19H,3,12-17H2,1-2H3. The number of carbonyl (C=O) groups excluding carboxylic acids is 1. The van der Waals surface area contributed by atoms with E-state index < -0.39 is 17.6 Å². The van der Waals surface area contributed by atoms with Crippen molar-refractivity contribution in [2.45, 2.75) is 19.3 Å². The van der Waals surface area contributed by atoms with Crippen LogP contribution in [-0.2, 0) is 4.74 Å². The number of piperidine rings is 1. The van der Waals surface area contributed by atoms with E-state index >= 15 is 0 Å². The first kappa shape index (κ1) is 27.3. The average Bonchev–Trinajstić information content (AvgIpc) is 2.94. The van der Waals surface area contributed by atoms with Crippen LogP contribution < -0.4 is 9.47 Å². The summed E-state index contributed by atoms with van der Waals surface area (Å²) in [6.45, 7) is 2.91. The molecule has 0 N–H and O–H groups in total. The molecule has 1 aliphatic rings. The van der Waals surface area contributed by atoms with Crippen molar-refractivity contribution in [3.8, 4) is 11.5 Å². The Balaban J connectivity index is 1.38. The molecular weight excluding hydrogens is 495 g/mol. The maximum absolute atomic E-state index is 14.1. The van der Waals surface area contributed by atoms with Crippen LogP contribution in [0.1, 0.15) is 40.7 Å². The van der Waals surface area contributed by atoms with E-state index in [2.05, 4.69) is 4.90 Å². The largest absolute Gasteiger partial charge is 0.493 e. The average molecular weight is 526 g/mol. The van der Waals surface area contributed by atoms with Crippen molar-refractivity contribution in [3.63, 3.8) is 0 Å². The molecule has 1 heterocycles. The summed E-state index contributed by atoms with van der Waals surface area (Å²) < 4.78 is 57.2. The maximum Gasteiger partial charge on any atom is 0.337 e. The normalized spacial score (nSPS) is 13.8. The molecule has 0 unspecified atom stereocenters. The predicted molar refractivity (Wildman–Crippen MR) is 139 cm³/mol. The fourth-order valence-corrected chi connectivity index (χ4v) is 4.64. The van der Waals surface area contributed by atoms with Gasteiger partial charge in [-0.25, -0.2) is 18.0 Å². The van der Waals surface area contributed by atoms with Crippen molar-refractivity contribution >= 4 is 11.5 Å². The monoisotopic (exact) mass is 525 g/mol. The van der Waals surface area contributed by atoms with E-state index in [1.165, 1.54) is 32.4 Å². The highest BCUT2D eigenvalue weighted by molar-refractivity contribution is 5.90. The third-order valence-corrected chi connectivity index (χ3v) is 6.62. The van der Waals surface area contributed by atoms with Crippen molar-refractivity contribution in [2.75, 3.05) is 40.5 Å². The summed E-state index contributed by atoms with van der Waals surface area (Å²) in [7, 11) is 2.84. The van der Waals surface area contributed by atoms with Crippen LogP contribution in [0.2, 0.25) is 0 Å². The quantitative estimate of drug-likeness (QED) is 0.244. The maximum atomic E-state index is 14.1. The van der Waals surface area contributed by atoms with Gasteiger partial charge in [-0.05, 0) is 78.4 Å². The highest BCUT2D eigenvalue weighted by Crippen LogP contribution is 2.33. The third kappa shape index (κ3) is 6.55. The first-order chi connectivity index (χ1) is 18.4. The van der Waals surface area contributed by atoms with Gasteiger partial charge in [-0.3, -0.25) is 0 Å². The van der Waals surface area contributed by atoms with E-state index in [4.69, 9.17) is 14.2 Å². The number of hydrogen-bond acceptors (Lipinski definition) is 5. The lowest BCUT2D eigenvalue weighted by molar-refractivity contribution is 0.0600. The molecule has 0 aromatic heterocycles. The summed E-state index contributed by atoms with van der Waals surface area (Å²) in [5.41, 5.74) is 3.71. The number of likely N-dealkylation sites (tertiary alicyclic amines) is 1. The van der Waals surface area contributed by atoms with E-state index in [0.717, 1.165) is 61.7 Å². The second-order valence-electron chi connectivity index (χ2n) is 9.02. The van der Waals surface area contributed by atoms with Crippen LogP contribution in [0.15, 0.2) is 66.2 Å². The minimum absolute atomic E-state index is 0.350. The molecule has 0 atom stereocenters. The minimum Gasteiger partial charge on any atom is -0.493 e. The molecule has 0 spiro atoms. The lowest BCUT2D eigenvalue weighted by Gasteiger charge is -2.30. The fourth-order valence-electron chi connectivity index (χ4n) is 4.64. The molecule has 1 aliphatic heterocycles. The molecule has 5 nitrogen and oxygen atoms in total. The zero-order valence-corrected chi connectivity index (χ0v) is 21.4. The van der Waals surface area contributed by atoms with Gasteiger partial charge in [0.15, 0.2) is 23.1 Å². The summed E-state index contributed by atoms with van der Waals surface area (Å²) >= 11 is 0. The van der Waals surface area contributed by atoms with Gasteiger partial charge in [0, 0.05) is 19.6 Å². The van der Waals surface area contributed by atoms with Gasteiger partial charge in [-0.15, -0.1) is 0 Å². The summed E-state index contributed by atoms with van der Waals surface area (Å²) in [5, 5.41) is 0. The number of rotatable bonds is 9. The number of benzene rings is 3. The predicted octanol–water partition coefficient (Wildman–Crippen LogP) is 6.27. The summed E-state index contributed by atoms with van der Waals surface area (Å²) in [6.07, 6.45) is 2.31. The zero-order valence-electron chi connectivity index (χ0n) is 21.4. The van der Waals surface area contributed by atoms with Crippen LogP contribution in [0.3, 0.4) is 0 Å². The smallest absolute Gasteiger partial charge is 0.337 e. The van der Waals surface area contributed by atoms with E-state index in [1.807, 2.05) is 0 Å². The number of nitrogens with zero attached hydrogens (tertiary/aromatic N) is 1. The SMILES string of the molecule is COC(=O)c1ccc(OCCCN2CCC(=C(c3ccc(F)cc3)c3ccc(F)c(F)c3)CC2)c(OC)c1. The van der Waals surface area contributed by atoms with Gasteiger partial charge in [-0.1, -0.05) is 23.8 Å². The first-order valence-corrected chi connectivity index (χ1v) is 12.4. The van der Waals surface area contributed by atoms with Crippen LogP contribution in [0.4, 0.5) is 13.2 Å². The van der Waals surface area contributed by atoms with E-state index in [-0.39, 0.29) is 5.82 Å². The van der Waals surface area contributed by atoms with Crippen LogP contribution >= 0.6 is 0 Å². The Morgan fingerprint density at radius 2 is 1.50 bits per heavy atom. The van der Waals surface area contributed by atoms with Gasteiger partial charge < -0.3 is 19.1 Å². The Morgan fingerprint density at radius 3 is 2.16 bits per heavy atom. The molecule has 0 bridgehead atoms. The van der Waals surface area contributed by atoms with Gasteiger partial charge in [0.2, 0.25) is 0 Å². The number of hydrogen-bond donors (Lipinski definition) is 0. The summed E-state index contributed by atoms with van der Waals surface area (Å²) in [6, 6.07) is 14.9. The Labute approximate surface area is 220 Å². The zero-order chi connectivity index (χ0) is 27.1. The number of esters is 1. The van der Waals surface area contributed by atoms with Gasteiger partial charge >= 0.3 is 5.97 Å². The molecule has 0 amide bonds. The molecule has 4 rings (SSSR count). The number of ether oxygens (including phenoxy) is 3. The molecular formula is C30H30F3NO4. The lowest BCUT2D eigenvalue weighted by Crippen LogP contribution is -2.32. The number of methoxy groups -OCH3 is 2. The minimum atomic E-state index is -0.906. The second kappa shape index (κ2) is 12.6. The van der Waals surface area contributed by atoms with Crippen LogP contribution in [0, 0.1) is 17.5 Å². The number of carbonyl (C=O) groups is 1. The highest BCUT2D eigenvalue weighted by Gasteiger charge is 2.20. The highest BCUT2D eigenvalue weighted by atomic mass is 19.2. The van der Waals surface area contributed by atoms with E-state index in [1.54, 1.807) is 36.4 Å². The summed E-state index contributed by atoms with van der Waals surface area (Å²) in [5.74, 6) is -1.58. The van der Waals surface area contributed by atoms with Gasteiger partial charge in [-0.2, -0.15) is 0 Å². The number of halogens is 3. The Kier molecular flexibility index (Phi) is 9.07. The topological polar surface area (TPSA) is 48.0 Å². The molecule has 8 heteroatoms. The molecule has 0 saturated carbocycles. The molecule has 3 aromatic rings. The molecule has 1 saturated heterocycles. The third-order valence-electron chi connectivity index (χ3n) is 6.62. The van der Waals surface area contributed by atoms with Crippen LogP contribution in [0.25, 0.3) is 5.57 Å². The summed E-state index contributed by atoms with van der Waals surface area (Å²) in [4.78, 5) is 14.1. The van der Waals surface area contributed by atoms with Crippen LogP contribution in [-0.4, -0.2) is 51.3 Å². The van der Waals surface area contributed by atoms with E-state index in [9.17, 15) is 18.0 Å². The molecule has 0 radical (unpaired) electrons. The first-order valence-electron chi connectivity index (χ1n) is 12.4. The molecule has 1 fully saturated rings. The fraction of sp³-hybridized carbons (Fsp3) is 0.300. The Bertz CT molecular complexity index is 1300. The van der Waals surface area contributed by atoms with Gasteiger partial charge in [0.25, 0.3) is 0 Å². The Hall–Kier alpha value is -3.78.